The maximum absolute atomic E-state index is 15.1. The average molecular weight is 445 g/mol. The highest BCUT2D eigenvalue weighted by Gasteiger charge is 2.24. The number of halogens is 2. The van der Waals surface area contributed by atoms with Gasteiger partial charge in [0.25, 0.3) is 5.56 Å². The number of nitrogens with zero attached hydrogens (tertiary/aromatic N) is 2. The molecule has 3 rings (SSSR count). The highest BCUT2D eigenvalue weighted by Crippen LogP contribution is 2.34. The first kappa shape index (κ1) is 22.5. The second-order valence-corrected chi connectivity index (χ2v) is 7.70. The Balaban J connectivity index is 2.16. The Kier molecular flexibility index (Phi) is 6.75. The van der Waals surface area contributed by atoms with Crippen molar-refractivity contribution in [3.8, 4) is 11.1 Å². The monoisotopic (exact) mass is 444 g/mol. The molecular formula is C23H22ClFN2O4. The Hall–Kier alpha value is -3.19. The summed E-state index contributed by atoms with van der Waals surface area (Å²) in [7, 11) is 1.45. The molecule has 3 aromatic rings. The fourth-order valence-electron chi connectivity index (χ4n) is 3.50. The Morgan fingerprint density at radius 3 is 2.42 bits per heavy atom. The Bertz CT molecular complexity index is 1190. The number of rotatable bonds is 6. The molecule has 2 aromatic carbocycles. The molecule has 0 aliphatic carbocycles. The third kappa shape index (κ3) is 4.94. The van der Waals surface area contributed by atoms with Gasteiger partial charge in [-0.3, -0.25) is 4.79 Å². The first-order chi connectivity index (χ1) is 14.7. The molecule has 1 aromatic heterocycles. The lowest BCUT2D eigenvalue weighted by molar-refractivity contribution is 0.0852. The summed E-state index contributed by atoms with van der Waals surface area (Å²) >= 11 is 6.44. The summed E-state index contributed by atoms with van der Waals surface area (Å²) in [6, 6.07) is 10.6. The fourth-order valence-corrected chi connectivity index (χ4v) is 3.76. The summed E-state index contributed by atoms with van der Waals surface area (Å²) in [5, 5.41) is 13.3. The second kappa shape index (κ2) is 9.31. The first-order valence-corrected chi connectivity index (χ1v) is 10.0. The smallest absolute Gasteiger partial charge is 0.450 e. The maximum Gasteiger partial charge on any atom is 0.506 e. The lowest BCUT2D eigenvalue weighted by Gasteiger charge is -2.17. The van der Waals surface area contributed by atoms with Crippen LogP contribution in [-0.2, 0) is 31.2 Å². The van der Waals surface area contributed by atoms with Crippen LogP contribution in [-0.4, -0.2) is 21.0 Å². The molecule has 162 valence electrons. The van der Waals surface area contributed by atoms with E-state index in [0.29, 0.717) is 29.1 Å². The first-order valence-electron chi connectivity index (χ1n) is 9.64. The van der Waals surface area contributed by atoms with Gasteiger partial charge in [-0.2, -0.15) is 5.10 Å². The van der Waals surface area contributed by atoms with Crippen LogP contribution in [0.15, 0.2) is 41.2 Å². The van der Waals surface area contributed by atoms with Gasteiger partial charge in [0.15, 0.2) is 0 Å². The predicted octanol–water partition coefficient (Wildman–Crippen LogP) is 4.84. The van der Waals surface area contributed by atoms with E-state index < -0.39 is 24.1 Å². The Morgan fingerprint density at radius 1 is 1.10 bits per heavy atom. The van der Waals surface area contributed by atoms with Gasteiger partial charge in [-0.05, 0) is 49.9 Å². The van der Waals surface area contributed by atoms with Crippen LogP contribution in [0.25, 0.3) is 11.1 Å². The van der Waals surface area contributed by atoms with Gasteiger partial charge in [-0.25, -0.2) is 13.9 Å². The second-order valence-electron chi connectivity index (χ2n) is 7.29. The number of ether oxygens (including phenoxy) is 1. The quantitative estimate of drug-likeness (QED) is 0.550. The lowest BCUT2D eigenvalue weighted by Crippen LogP contribution is -2.26. The number of aryl methyl sites for hydroxylation is 4. The Morgan fingerprint density at radius 2 is 1.77 bits per heavy atom. The number of aromatic nitrogens is 2. The van der Waals surface area contributed by atoms with Gasteiger partial charge < -0.3 is 9.84 Å². The normalized spacial score (nSPS) is 10.9. The van der Waals surface area contributed by atoms with E-state index in [1.54, 1.807) is 6.92 Å². The fraction of sp³-hybridized carbons (Fsp3) is 0.261. The molecule has 0 bridgehead atoms. The molecule has 8 heteroatoms. The molecule has 1 N–H and O–H groups in total. The summed E-state index contributed by atoms with van der Waals surface area (Å²) < 4.78 is 20.9. The number of hydrogen-bond donors (Lipinski definition) is 1. The maximum atomic E-state index is 15.1. The molecule has 0 atom stereocenters. The van der Waals surface area contributed by atoms with E-state index in [1.807, 2.05) is 31.2 Å². The number of carbonyl (C=O) groups is 1. The molecule has 0 amide bonds. The van der Waals surface area contributed by atoms with Crippen LogP contribution < -0.4 is 5.56 Å². The molecule has 0 unspecified atom stereocenters. The number of hydrogen-bond acceptors (Lipinski definition) is 4. The van der Waals surface area contributed by atoms with E-state index in [9.17, 15) is 9.59 Å². The standard InChI is InChI=1S/C23H22ClFN2O4/c1-13-4-6-15(7-5-13)8-9-16-18(24)10-11-19(25)20(16)21-17(12-31-23(29)30)14(2)26-27(3)22(21)28/h4-7,10-11H,8-9,12H2,1-3H3,(H,29,30). The molecule has 0 saturated heterocycles. The molecule has 31 heavy (non-hydrogen) atoms. The zero-order chi connectivity index (χ0) is 22.7. The van der Waals surface area contributed by atoms with Gasteiger partial charge >= 0.3 is 6.16 Å². The van der Waals surface area contributed by atoms with Crippen LogP contribution in [0.5, 0.6) is 0 Å². The Labute approximate surface area is 183 Å². The van der Waals surface area contributed by atoms with E-state index in [-0.39, 0.29) is 16.7 Å². The molecule has 0 fully saturated rings. The third-order valence-electron chi connectivity index (χ3n) is 5.13. The molecular weight excluding hydrogens is 423 g/mol. The van der Waals surface area contributed by atoms with Gasteiger partial charge in [0.05, 0.1) is 11.3 Å². The van der Waals surface area contributed by atoms with Crippen LogP contribution in [0.3, 0.4) is 0 Å². The zero-order valence-corrected chi connectivity index (χ0v) is 18.2. The van der Waals surface area contributed by atoms with Crippen molar-refractivity contribution >= 4 is 17.8 Å². The van der Waals surface area contributed by atoms with Crippen LogP contribution in [0.2, 0.25) is 5.02 Å². The van der Waals surface area contributed by atoms with Crippen LogP contribution >= 0.6 is 11.6 Å². The van der Waals surface area contributed by atoms with Crippen LogP contribution in [0.1, 0.15) is 27.9 Å². The van der Waals surface area contributed by atoms with E-state index in [4.69, 9.17) is 16.7 Å². The van der Waals surface area contributed by atoms with Gasteiger partial charge in [0, 0.05) is 23.2 Å². The molecule has 1 heterocycles. The van der Waals surface area contributed by atoms with Crippen LogP contribution in [0.4, 0.5) is 9.18 Å². The minimum atomic E-state index is -1.50. The van der Waals surface area contributed by atoms with Crippen molar-refractivity contribution in [2.24, 2.45) is 7.05 Å². The molecule has 6 nitrogen and oxygen atoms in total. The molecule has 0 saturated carbocycles. The minimum Gasteiger partial charge on any atom is -0.450 e. The number of carboxylic acid groups (broad SMARTS) is 1. The van der Waals surface area contributed by atoms with Gasteiger partial charge in [-0.1, -0.05) is 41.4 Å². The SMILES string of the molecule is Cc1ccc(CCc2c(Cl)ccc(F)c2-c2c(COC(=O)O)c(C)nn(C)c2=O)cc1. The molecule has 0 spiro atoms. The van der Waals surface area contributed by atoms with Crippen molar-refractivity contribution in [2.75, 3.05) is 0 Å². The van der Waals surface area contributed by atoms with Gasteiger partial charge in [0.2, 0.25) is 0 Å². The average Bonchev–Trinajstić information content (AvgIpc) is 2.71. The van der Waals surface area contributed by atoms with Gasteiger partial charge in [0.1, 0.15) is 12.4 Å². The van der Waals surface area contributed by atoms with E-state index >= 15 is 4.39 Å². The summed E-state index contributed by atoms with van der Waals surface area (Å²) in [4.78, 5) is 23.9. The topological polar surface area (TPSA) is 81.4 Å². The highest BCUT2D eigenvalue weighted by molar-refractivity contribution is 6.31. The summed E-state index contributed by atoms with van der Waals surface area (Å²) in [5.41, 5.74) is 2.72. The van der Waals surface area contributed by atoms with E-state index in [0.717, 1.165) is 15.8 Å². The lowest BCUT2D eigenvalue weighted by atomic mass is 9.92. The highest BCUT2D eigenvalue weighted by atomic mass is 35.5. The number of benzene rings is 2. The van der Waals surface area contributed by atoms with Crippen molar-refractivity contribution in [3.05, 3.63) is 85.5 Å². The predicted molar refractivity (Wildman–Crippen MR) is 116 cm³/mol. The van der Waals surface area contributed by atoms with Crippen molar-refractivity contribution in [1.29, 1.82) is 0 Å². The summed E-state index contributed by atoms with van der Waals surface area (Å²) in [5.74, 6) is -0.623. The zero-order valence-electron chi connectivity index (χ0n) is 17.4. The van der Waals surface area contributed by atoms with Crippen LogP contribution in [0, 0.1) is 19.7 Å². The van der Waals surface area contributed by atoms with Crippen molar-refractivity contribution in [2.45, 2.75) is 33.3 Å². The summed E-state index contributed by atoms with van der Waals surface area (Å²) in [6.07, 6.45) is -0.530. The van der Waals surface area contributed by atoms with Crippen molar-refractivity contribution in [1.82, 2.24) is 9.78 Å². The largest absolute Gasteiger partial charge is 0.506 e. The minimum absolute atomic E-state index is 0.00940. The van der Waals surface area contributed by atoms with Gasteiger partial charge in [-0.15, -0.1) is 0 Å². The van der Waals surface area contributed by atoms with E-state index in [1.165, 1.54) is 19.2 Å². The van der Waals surface area contributed by atoms with Crippen molar-refractivity contribution < 1.29 is 19.0 Å². The molecule has 0 aliphatic rings. The third-order valence-corrected chi connectivity index (χ3v) is 5.48. The molecule has 0 radical (unpaired) electrons. The van der Waals surface area contributed by atoms with E-state index in [2.05, 4.69) is 9.84 Å². The van der Waals surface area contributed by atoms with Crippen molar-refractivity contribution in [3.63, 3.8) is 0 Å². The molecule has 0 aliphatic heterocycles. The summed E-state index contributed by atoms with van der Waals surface area (Å²) in [6.45, 7) is 3.18.